The summed E-state index contributed by atoms with van der Waals surface area (Å²) >= 11 is 1.45. The maximum absolute atomic E-state index is 13.6. The number of aromatic nitrogens is 1. The Kier molecular flexibility index (Phi) is 6.38. The molecule has 6 heteroatoms. The van der Waals surface area contributed by atoms with Gasteiger partial charge in [0.1, 0.15) is 5.82 Å². The fourth-order valence-corrected chi connectivity index (χ4v) is 4.44. The lowest BCUT2D eigenvalue weighted by Gasteiger charge is -2.34. The molecule has 0 bridgehead atoms. The first kappa shape index (κ1) is 19.0. The number of likely N-dealkylation sites (tertiary alicyclic amines) is 1. The van der Waals surface area contributed by atoms with Crippen LogP contribution in [0.5, 0.6) is 0 Å². The fourth-order valence-electron chi connectivity index (χ4n) is 3.72. The number of nitrogens with one attached hydrogen (secondary N) is 1. The first-order valence-corrected chi connectivity index (χ1v) is 10.1. The molecule has 2 atom stereocenters. The van der Waals surface area contributed by atoms with Gasteiger partial charge in [0.25, 0.3) is 0 Å². The number of halogens is 1. The van der Waals surface area contributed by atoms with E-state index in [1.807, 2.05) is 5.38 Å². The number of anilines is 1. The zero-order valence-electron chi connectivity index (χ0n) is 15.4. The molecule has 1 saturated heterocycles. The Morgan fingerprint density at radius 3 is 2.77 bits per heavy atom. The van der Waals surface area contributed by atoms with Gasteiger partial charge < -0.3 is 5.32 Å². The Bertz CT molecular complexity index is 738. The summed E-state index contributed by atoms with van der Waals surface area (Å²) in [4.78, 5) is 19.1. The molecular formula is C20H26FN3OS. The topological polar surface area (TPSA) is 45.2 Å². The van der Waals surface area contributed by atoms with Gasteiger partial charge >= 0.3 is 0 Å². The third-order valence-corrected chi connectivity index (χ3v) is 5.51. The summed E-state index contributed by atoms with van der Waals surface area (Å²) in [7, 11) is 0. The van der Waals surface area contributed by atoms with E-state index >= 15 is 0 Å². The number of carbonyl (C=O) groups is 1. The van der Waals surface area contributed by atoms with Crippen LogP contribution in [0.15, 0.2) is 29.6 Å². The lowest BCUT2D eigenvalue weighted by atomic mass is 9.92. The second-order valence-electron chi connectivity index (χ2n) is 7.42. The molecule has 0 saturated carbocycles. The standard InChI is InChI=1S/C20H26FN3OS/c1-14-9-15(2)11-24(10-14)12-17-13-26-20(22-17)23-19(25)8-7-16-5-3-4-6-18(16)21/h3-6,13-15H,7-12H2,1-2H3,(H,22,23,25)/t14-,15+. The molecule has 1 aromatic heterocycles. The Morgan fingerprint density at radius 1 is 1.31 bits per heavy atom. The van der Waals surface area contributed by atoms with E-state index in [-0.39, 0.29) is 18.1 Å². The van der Waals surface area contributed by atoms with E-state index in [4.69, 9.17) is 0 Å². The maximum atomic E-state index is 13.6. The van der Waals surface area contributed by atoms with Gasteiger partial charge in [-0.1, -0.05) is 32.0 Å². The van der Waals surface area contributed by atoms with Crippen LogP contribution in [-0.4, -0.2) is 28.9 Å². The fraction of sp³-hybridized carbons (Fsp3) is 0.500. The second-order valence-corrected chi connectivity index (χ2v) is 8.28. The lowest BCUT2D eigenvalue weighted by Crippen LogP contribution is -2.38. The zero-order valence-corrected chi connectivity index (χ0v) is 16.2. The van der Waals surface area contributed by atoms with Crippen molar-refractivity contribution in [3.05, 3.63) is 46.7 Å². The molecule has 0 aliphatic carbocycles. The number of thiazole rings is 1. The molecule has 1 fully saturated rings. The maximum Gasteiger partial charge on any atom is 0.226 e. The van der Waals surface area contributed by atoms with Gasteiger partial charge in [-0.05, 0) is 36.3 Å². The van der Waals surface area contributed by atoms with E-state index in [9.17, 15) is 9.18 Å². The highest BCUT2D eigenvalue weighted by molar-refractivity contribution is 7.13. The number of nitrogens with zero attached hydrogens (tertiary/aromatic N) is 2. The van der Waals surface area contributed by atoms with Gasteiger partial charge in [-0.2, -0.15) is 0 Å². The van der Waals surface area contributed by atoms with E-state index in [1.54, 1.807) is 18.2 Å². The van der Waals surface area contributed by atoms with Crippen molar-refractivity contribution in [3.8, 4) is 0 Å². The Morgan fingerprint density at radius 2 is 2.04 bits per heavy atom. The average molecular weight is 376 g/mol. The normalized spacial score (nSPS) is 20.9. The van der Waals surface area contributed by atoms with Gasteiger partial charge in [-0.3, -0.25) is 9.69 Å². The minimum Gasteiger partial charge on any atom is -0.302 e. The van der Waals surface area contributed by atoms with Crippen LogP contribution in [0.25, 0.3) is 0 Å². The smallest absolute Gasteiger partial charge is 0.226 e. The van der Waals surface area contributed by atoms with Crippen LogP contribution in [0, 0.1) is 17.7 Å². The summed E-state index contributed by atoms with van der Waals surface area (Å²) in [5.74, 6) is 1.04. The highest BCUT2D eigenvalue weighted by Crippen LogP contribution is 2.24. The Labute approximate surface area is 158 Å². The summed E-state index contributed by atoms with van der Waals surface area (Å²) in [5.41, 5.74) is 1.57. The van der Waals surface area contributed by atoms with Crippen LogP contribution >= 0.6 is 11.3 Å². The van der Waals surface area contributed by atoms with Crippen LogP contribution in [0.2, 0.25) is 0 Å². The highest BCUT2D eigenvalue weighted by atomic mass is 32.1. The van der Waals surface area contributed by atoms with Crippen molar-refractivity contribution in [1.82, 2.24) is 9.88 Å². The molecule has 1 N–H and O–H groups in total. The van der Waals surface area contributed by atoms with Crippen molar-refractivity contribution in [2.24, 2.45) is 11.8 Å². The largest absolute Gasteiger partial charge is 0.302 e. The molecular weight excluding hydrogens is 349 g/mol. The van der Waals surface area contributed by atoms with Gasteiger partial charge in [0.05, 0.1) is 5.69 Å². The average Bonchev–Trinajstić information content (AvgIpc) is 3.00. The molecule has 4 nitrogen and oxygen atoms in total. The molecule has 2 heterocycles. The van der Waals surface area contributed by atoms with Crippen LogP contribution in [0.3, 0.4) is 0 Å². The summed E-state index contributed by atoms with van der Waals surface area (Å²) < 4.78 is 13.6. The van der Waals surface area contributed by atoms with Crippen LogP contribution in [-0.2, 0) is 17.8 Å². The van der Waals surface area contributed by atoms with Crippen LogP contribution in [0.4, 0.5) is 9.52 Å². The van der Waals surface area contributed by atoms with Crippen molar-refractivity contribution < 1.29 is 9.18 Å². The van der Waals surface area contributed by atoms with Crippen molar-refractivity contribution in [2.45, 2.75) is 39.7 Å². The minimum absolute atomic E-state index is 0.130. The summed E-state index contributed by atoms with van der Waals surface area (Å²) in [6.45, 7) is 7.63. The predicted molar refractivity (Wildman–Crippen MR) is 104 cm³/mol. The molecule has 0 unspecified atom stereocenters. The van der Waals surface area contributed by atoms with Crippen LogP contribution in [0.1, 0.15) is 37.9 Å². The van der Waals surface area contributed by atoms with Gasteiger partial charge in [-0.25, -0.2) is 9.37 Å². The number of amides is 1. The number of rotatable bonds is 6. The number of piperidine rings is 1. The summed E-state index contributed by atoms with van der Waals surface area (Å²) in [6.07, 6.45) is 1.92. The van der Waals surface area contributed by atoms with E-state index in [0.29, 0.717) is 17.1 Å². The van der Waals surface area contributed by atoms with Crippen molar-refractivity contribution in [3.63, 3.8) is 0 Å². The van der Waals surface area contributed by atoms with Gasteiger partial charge in [0.15, 0.2) is 5.13 Å². The van der Waals surface area contributed by atoms with Crippen molar-refractivity contribution in [2.75, 3.05) is 18.4 Å². The molecule has 1 aliphatic heterocycles. The Hall–Kier alpha value is -1.79. The van der Waals surface area contributed by atoms with E-state index in [2.05, 4.69) is 29.0 Å². The molecule has 140 valence electrons. The predicted octanol–water partition coefficient (Wildman–Crippen LogP) is 4.33. The number of benzene rings is 1. The first-order valence-electron chi connectivity index (χ1n) is 9.19. The quantitative estimate of drug-likeness (QED) is 0.817. The third-order valence-electron chi connectivity index (χ3n) is 4.71. The molecule has 1 aromatic carbocycles. The van der Waals surface area contributed by atoms with E-state index in [1.165, 1.54) is 23.8 Å². The van der Waals surface area contributed by atoms with Gasteiger partial charge in [0, 0.05) is 31.4 Å². The van der Waals surface area contributed by atoms with Gasteiger partial charge in [-0.15, -0.1) is 11.3 Å². The van der Waals surface area contributed by atoms with Crippen LogP contribution < -0.4 is 5.32 Å². The molecule has 3 rings (SSSR count). The molecule has 1 aliphatic rings. The first-order chi connectivity index (χ1) is 12.5. The molecule has 26 heavy (non-hydrogen) atoms. The number of carbonyl (C=O) groups excluding carboxylic acids is 1. The van der Waals surface area contributed by atoms with Gasteiger partial charge in [0.2, 0.25) is 5.91 Å². The molecule has 0 radical (unpaired) electrons. The number of aryl methyl sites for hydroxylation is 1. The highest BCUT2D eigenvalue weighted by Gasteiger charge is 2.22. The monoisotopic (exact) mass is 375 g/mol. The lowest BCUT2D eigenvalue weighted by molar-refractivity contribution is -0.116. The van der Waals surface area contributed by atoms with E-state index in [0.717, 1.165) is 37.2 Å². The number of hydrogen-bond acceptors (Lipinski definition) is 4. The SMILES string of the molecule is C[C@@H]1C[C@H](C)CN(Cc2csc(NC(=O)CCc3ccccc3F)n2)C1. The van der Waals surface area contributed by atoms with Crippen molar-refractivity contribution >= 4 is 22.4 Å². The number of hydrogen-bond donors (Lipinski definition) is 1. The molecule has 2 aromatic rings. The summed E-state index contributed by atoms with van der Waals surface area (Å²) in [6, 6.07) is 6.57. The molecule has 0 spiro atoms. The minimum atomic E-state index is -0.262. The molecule has 1 amide bonds. The third kappa shape index (κ3) is 5.35. The Balaban J connectivity index is 1.48. The van der Waals surface area contributed by atoms with Crippen molar-refractivity contribution in [1.29, 1.82) is 0 Å². The summed E-state index contributed by atoms with van der Waals surface area (Å²) in [5, 5.41) is 5.47. The zero-order chi connectivity index (χ0) is 18.5. The second kappa shape index (κ2) is 8.73. The van der Waals surface area contributed by atoms with E-state index < -0.39 is 0 Å².